The molecule has 8 nitrogen and oxygen atoms in total. The van der Waals surface area contributed by atoms with Crippen LogP contribution in [-0.4, -0.2) is 35.8 Å². The van der Waals surface area contributed by atoms with Crippen LogP contribution in [0, 0.1) is 17.8 Å². The molecule has 0 radical (unpaired) electrons. The molecule has 1 aliphatic rings. The fraction of sp³-hybridized carbons (Fsp3) is 0.208. The van der Waals surface area contributed by atoms with Crippen molar-refractivity contribution in [2.45, 2.75) is 25.3 Å². The van der Waals surface area contributed by atoms with Crippen LogP contribution in [0.3, 0.4) is 0 Å². The van der Waals surface area contributed by atoms with E-state index in [1.54, 1.807) is 28.8 Å². The fourth-order valence-electron chi connectivity index (χ4n) is 3.61. The fourth-order valence-corrected chi connectivity index (χ4v) is 3.61. The SMILES string of the molecule is O=C(NO)C(Cc1ccccc1)n1nc2c(-c3cncnc3)nccc2c1C#CC1CC1. The highest BCUT2D eigenvalue weighted by atomic mass is 16.5. The zero-order valence-corrected chi connectivity index (χ0v) is 17.1. The maximum Gasteiger partial charge on any atom is 0.268 e. The van der Waals surface area contributed by atoms with Gasteiger partial charge in [-0.15, -0.1) is 0 Å². The number of nitrogens with zero attached hydrogens (tertiary/aromatic N) is 5. The molecule has 3 heterocycles. The van der Waals surface area contributed by atoms with Gasteiger partial charge in [0.15, 0.2) is 0 Å². The molecule has 32 heavy (non-hydrogen) atoms. The minimum absolute atomic E-state index is 0.344. The Hall–Kier alpha value is -4.09. The van der Waals surface area contributed by atoms with Gasteiger partial charge < -0.3 is 0 Å². The van der Waals surface area contributed by atoms with Gasteiger partial charge in [0.2, 0.25) is 0 Å². The van der Waals surface area contributed by atoms with E-state index >= 15 is 0 Å². The van der Waals surface area contributed by atoms with E-state index in [-0.39, 0.29) is 0 Å². The molecule has 0 aliphatic heterocycles. The lowest BCUT2D eigenvalue weighted by Crippen LogP contribution is -2.33. The topological polar surface area (TPSA) is 106 Å². The average molecular weight is 424 g/mol. The van der Waals surface area contributed by atoms with Gasteiger partial charge in [0.1, 0.15) is 29.3 Å². The van der Waals surface area contributed by atoms with E-state index in [4.69, 9.17) is 5.10 Å². The number of pyridine rings is 1. The second-order valence-corrected chi connectivity index (χ2v) is 7.70. The van der Waals surface area contributed by atoms with Crippen LogP contribution in [0.2, 0.25) is 0 Å². The molecule has 8 heteroatoms. The highest BCUT2D eigenvalue weighted by molar-refractivity contribution is 5.94. The van der Waals surface area contributed by atoms with Crippen molar-refractivity contribution in [3.63, 3.8) is 0 Å². The Bertz CT molecular complexity index is 1320. The van der Waals surface area contributed by atoms with Gasteiger partial charge in [0, 0.05) is 41.9 Å². The summed E-state index contributed by atoms with van der Waals surface area (Å²) < 4.78 is 1.60. The quantitative estimate of drug-likeness (QED) is 0.290. The van der Waals surface area contributed by atoms with Gasteiger partial charge in [0.05, 0.1) is 0 Å². The van der Waals surface area contributed by atoms with Crippen LogP contribution < -0.4 is 5.48 Å². The van der Waals surface area contributed by atoms with Crippen molar-refractivity contribution in [2.24, 2.45) is 5.92 Å². The molecule has 1 fully saturated rings. The molecular weight excluding hydrogens is 404 g/mol. The van der Waals surface area contributed by atoms with Gasteiger partial charge >= 0.3 is 0 Å². The van der Waals surface area contributed by atoms with Crippen LogP contribution >= 0.6 is 0 Å². The van der Waals surface area contributed by atoms with E-state index in [1.165, 1.54) is 6.33 Å². The molecule has 1 aliphatic carbocycles. The van der Waals surface area contributed by atoms with Gasteiger partial charge in [-0.05, 0) is 30.4 Å². The number of rotatable bonds is 5. The number of carbonyl (C=O) groups excluding carboxylic acids is 1. The minimum Gasteiger partial charge on any atom is -0.289 e. The molecule has 1 saturated carbocycles. The third kappa shape index (κ3) is 3.94. The Labute approximate surface area is 184 Å². The summed E-state index contributed by atoms with van der Waals surface area (Å²) >= 11 is 0. The number of nitrogens with one attached hydrogen (secondary N) is 1. The first-order chi connectivity index (χ1) is 15.7. The zero-order chi connectivity index (χ0) is 21.9. The highest BCUT2D eigenvalue weighted by Gasteiger charge is 2.27. The second-order valence-electron chi connectivity index (χ2n) is 7.70. The van der Waals surface area contributed by atoms with Crippen molar-refractivity contribution < 1.29 is 10.0 Å². The van der Waals surface area contributed by atoms with Gasteiger partial charge in [-0.1, -0.05) is 36.3 Å². The molecule has 3 aromatic heterocycles. The van der Waals surface area contributed by atoms with E-state index < -0.39 is 11.9 Å². The molecule has 1 aromatic carbocycles. The Morgan fingerprint density at radius 2 is 1.97 bits per heavy atom. The number of hydrogen-bond acceptors (Lipinski definition) is 6. The maximum absolute atomic E-state index is 12.7. The summed E-state index contributed by atoms with van der Waals surface area (Å²) in [7, 11) is 0. The number of carbonyl (C=O) groups is 1. The van der Waals surface area contributed by atoms with Gasteiger partial charge in [0.25, 0.3) is 5.91 Å². The summed E-state index contributed by atoms with van der Waals surface area (Å²) in [6.45, 7) is 0. The van der Waals surface area contributed by atoms with Crippen molar-refractivity contribution in [3.8, 4) is 23.1 Å². The van der Waals surface area contributed by atoms with Crippen molar-refractivity contribution >= 4 is 16.8 Å². The van der Waals surface area contributed by atoms with Crippen LogP contribution in [0.1, 0.15) is 30.1 Å². The predicted octanol–water partition coefficient (Wildman–Crippen LogP) is 2.94. The number of fused-ring (bicyclic) bond motifs is 1. The van der Waals surface area contributed by atoms with Crippen molar-refractivity contribution in [2.75, 3.05) is 0 Å². The number of benzene rings is 1. The molecule has 5 rings (SSSR count). The molecule has 1 atom stereocenters. The molecule has 0 bridgehead atoms. The van der Waals surface area contributed by atoms with E-state index in [0.717, 1.165) is 29.4 Å². The first-order valence-corrected chi connectivity index (χ1v) is 10.4. The largest absolute Gasteiger partial charge is 0.289 e. The van der Waals surface area contributed by atoms with Crippen LogP contribution in [0.15, 0.2) is 61.3 Å². The average Bonchev–Trinajstić information content (AvgIpc) is 3.61. The van der Waals surface area contributed by atoms with Crippen LogP contribution in [-0.2, 0) is 11.2 Å². The molecule has 1 unspecified atom stereocenters. The lowest BCUT2D eigenvalue weighted by atomic mass is 10.1. The monoisotopic (exact) mass is 424 g/mol. The Balaban J connectivity index is 1.70. The van der Waals surface area contributed by atoms with Gasteiger partial charge in [-0.3, -0.25) is 15.0 Å². The zero-order valence-electron chi connectivity index (χ0n) is 17.1. The van der Waals surface area contributed by atoms with E-state index in [2.05, 4.69) is 26.8 Å². The maximum atomic E-state index is 12.7. The Morgan fingerprint density at radius 1 is 1.19 bits per heavy atom. The predicted molar refractivity (Wildman–Crippen MR) is 117 cm³/mol. The first kappa shape index (κ1) is 19.8. The summed E-state index contributed by atoms with van der Waals surface area (Å²) in [6.07, 6.45) is 9.00. The Kier molecular flexibility index (Phi) is 5.32. The number of aromatic nitrogens is 5. The lowest BCUT2D eigenvalue weighted by Gasteiger charge is -2.17. The summed E-state index contributed by atoms with van der Waals surface area (Å²) in [6, 6.07) is 10.7. The highest BCUT2D eigenvalue weighted by Crippen LogP contribution is 2.31. The van der Waals surface area contributed by atoms with E-state index in [0.29, 0.717) is 29.2 Å². The van der Waals surface area contributed by atoms with Crippen molar-refractivity contribution in [3.05, 3.63) is 72.6 Å². The summed E-state index contributed by atoms with van der Waals surface area (Å²) in [4.78, 5) is 25.4. The van der Waals surface area contributed by atoms with Crippen LogP contribution in [0.4, 0.5) is 0 Å². The third-order valence-corrected chi connectivity index (χ3v) is 5.40. The van der Waals surface area contributed by atoms with E-state index in [9.17, 15) is 10.0 Å². The van der Waals surface area contributed by atoms with E-state index in [1.807, 2.05) is 36.4 Å². The molecule has 158 valence electrons. The number of hydroxylamine groups is 1. The molecule has 4 aromatic rings. The first-order valence-electron chi connectivity index (χ1n) is 10.4. The molecule has 0 spiro atoms. The normalized spacial score (nSPS) is 13.9. The van der Waals surface area contributed by atoms with Crippen molar-refractivity contribution in [1.82, 2.24) is 30.2 Å². The number of amides is 1. The third-order valence-electron chi connectivity index (χ3n) is 5.40. The summed E-state index contributed by atoms with van der Waals surface area (Å²) in [5.74, 6) is 6.34. The summed E-state index contributed by atoms with van der Waals surface area (Å²) in [5.41, 5.74) is 5.29. The van der Waals surface area contributed by atoms with Gasteiger partial charge in [-0.25, -0.2) is 20.1 Å². The molecule has 0 saturated heterocycles. The molecular formula is C24H20N6O2. The van der Waals surface area contributed by atoms with Gasteiger partial charge in [-0.2, -0.15) is 5.10 Å². The van der Waals surface area contributed by atoms with Crippen molar-refractivity contribution in [1.29, 1.82) is 0 Å². The molecule has 2 N–H and O–H groups in total. The lowest BCUT2D eigenvalue weighted by molar-refractivity contribution is -0.132. The van der Waals surface area contributed by atoms with Crippen LogP contribution in [0.5, 0.6) is 0 Å². The minimum atomic E-state index is -0.793. The van der Waals surface area contributed by atoms with Crippen LogP contribution in [0.25, 0.3) is 22.2 Å². The summed E-state index contributed by atoms with van der Waals surface area (Å²) in [5, 5.41) is 15.0. The second kappa shape index (κ2) is 8.57. The number of hydrogen-bond donors (Lipinski definition) is 2. The smallest absolute Gasteiger partial charge is 0.268 e. The standard InChI is InChI=1S/C24H20N6O2/c31-24(29-32)21(12-17-4-2-1-3-5-17)30-20(9-8-16-6-7-16)19-10-11-27-22(23(19)28-30)18-13-25-15-26-14-18/h1-5,10-11,13-16,21,32H,6-7,12H2,(H,29,31). The molecule has 1 amide bonds. The Morgan fingerprint density at radius 3 is 2.69 bits per heavy atom.